The number of rotatable bonds is 47. The Hall–Kier alpha value is -0.760. The maximum Gasteiger partial charge on any atom is 0.268 e. The Morgan fingerprint density at radius 1 is 0.576 bits per heavy atom. The lowest BCUT2D eigenvalue weighted by Crippen LogP contribution is -2.46. The maximum absolute atomic E-state index is 12.9. The first-order valence-corrected chi connectivity index (χ1v) is 27.0. The number of aliphatic hydroxyl groups is 1. The second-order valence-electron chi connectivity index (χ2n) is 18.9. The van der Waals surface area contributed by atoms with Crippen LogP contribution in [-0.4, -0.2) is 68.5 Å². The van der Waals surface area contributed by atoms with Gasteiger partial charge in [-0.1, -0.05) is 219 Å². The quantitative estimate of drug-likeness (QED) is 0.0273. The molecule has 59 heavy (non-hydrogen) atoms. The number of hydrogen-bond donors (Lipinski definition) is 2. The SMILES string of the molecule is CCCCCCCC/C=C/CCCCCCCCCCCCCC(=O)N[C@@H](COP(=O)([O-])OCC[N+](C)(C)C)[C@H](O)CCCCCCCCCCCCCCCCCC. The average molecular weight is 857 g/mol. The summed E-state index contributed by atoms with van der Waals surface area (Å²) in [6.07, 6.45) is 49.3. The molecule has 2 N–H and O–H groups in total. The van der Waals surface area contributed by atoms with Crippen LogP contribution < -0.4 is 10.2 Å². The maximum atomic E-state index is 12.9. The van der Waals surface area contributed by atoms with Gasteiger partial charge in [-0.05, 0) is 38.5 Å². The van der Waals surface area contributed by atoms with Crippen LogP contribution in [0.1, 0.15) is 251 Å². The van der Waals surface area contributed by atoms with Crippen LogP contribution in [-0.2, 0) is 18.4 Å². The van der Waals surface area contributed by atoms with Crippen LogP contribution in [0.3, 0.4) is 0 Å². The van der Waals surface area contributed by atoms with Crippen LogP contribution in [0.25, 0.3) is 0 Å². The van der Waals surface area contributed by atoms with Gasteiger partial charge in [-0.25, -0.2) is 0 Å². The number of carbonyl (C=O) groups is 1. The lowest BCUT2D eigenvalue weighted by Gasteiger charge is -2.30. The van der Waals surface area contributed by atoms with E-state index in [0.29, 0.717) is 23.9 Å². The predicted octanol–water partition coefficient (Wildman–Crippen LogP) is 14.1. The molecule has 1 amide bonds. The minimum atomic E-state index is -4.56. The summed E-state index contributed by atoms with van der Waals surface area (Å²) >= 11 is 0. The van der Waals surface area contributed by atoms with E-state index in [-0.39, 0.29) is 19.1 Å². The molecule has 0 heterocycles. The molecule has 0 spiro atoms. The van der Waals surface area contributed by atoms with E-state index in [0.717, 1.165) is 38.5 Å². The van der Waals surface area contributed by atoms with E-state index in [9.17, 15) is 19.4 Å². The van der Waals surface area contributed by atoms with E-state index in [4.69, 9.17) is 9.05 Å². The summed E-state index contributed by atoms with van der Waals surface area (Å²) in [5.41, 5.74) is 0. The van der Waals surface area contributed by atoms with Crippen molar-refractivity contribution in [3.05, 3.63) is 12.2 Å². The summed E-state index contributed by atoms with van der Waals surface area (Å²) in [5, 5.41) is 14.0. The molecule has 0 bridgehead atoms. The molecule has 0 aromatic heterocycles. The van der Waals surface area contributed by atoms with Gasteiger partial charge in [0.25, 0.3) is 7.82 Å². The van der Waals surface area contributed by atoms with E-state index in [1.807, 2.05) is 21.1 Å². The lowest BCUT2D eigenvalue weighted by atomic mass is 10.0. The molecule has 1 unspecified atom stereocenters. The number of nitrogens with one attached hydrogen (secondary N) is 1. The third kappa shape index (κ3) is 45.1. The number of phosphoric acid groups is 1. The molecule has 0 aromatic carbocycles. The van der Waals surface area contributed by atoms with Gasteiger partial charge in [0.05, 0.1) is 39.9 Å². The number of aliphatic hydroxyl groups excluding tert-OH is 1. The van der Waals surface area contributed by atoms with Crippen LogP contribution in [0.2, 0.25) is 0 Å². The fourth-order valence-electron chi connectivity index (χ4n) is 7.68. The van der Waals surface area contributed by atoms with Gasteiger partial charge in [-0.15, -0.1) is 0 Å². The molecular weight excluding hydrogens is 756 g/mol. The minimum absolute atomic E-state index is 0.0144. The number of phosphoric ester groups is 1. The fourth-order valence-corrected chi connectivity index (χ4v) is 8.41. The van der Waals surface area contributed by atoms with Crippen molar-refractivity contribution in [2.45, 2.75) is 264 Å². The summed E-state index contributed by atoms with van der Waals surface area (Å²) < 4.78 is 23.3. The molecule has 3 atom stereocenters. The van der Waals surface area contributed by atoms with Gasteiger partial charge in [-0.3, -0.25) is 9.36 Å². The van der Waals surface area contributed by atoms with Gasteiger partial charge in [0, 0.05) is 6.42 Å². The number of amides is 1. The summed E-state index contributed by atoms with van der Waals surface area (Å²) in [5.74, 6) is -0.162. The lowest BCUT2D eigenvalue weighted by molar-refractivity contribution is -0.870. The molecule has 0 aliphatic carbocycles. The molecule has 352 valence electrons. The molecule has 8 nitrogen and oxygen atoms in total. The van der Waals surface area contributed by atoms with Gasteiger partial charge < -0.3 is 28.8 Å². The van der Waals surface area contributed by atoms with Crippen molar-refractivity contribution in [1.82, 2.24) is 5.32 Å². The third-order valence-corrected chi connectivity index (χ3v) is 12.7. The molecule has 0 aliphatic rings. The van der Waals surface area contributed by atoms with E-state index in [1.54, 1.807) is 0 Å². The Labute approximate surface area is 367 Å². The van der Waals surface area contributed by atoms with E-state index < -0.39 is 20.0 Å². The van der Waals surface area contributed by atoms with Crippen LogP contribution in [0, 0.1) is 0 Å². The topological polar surface area (TPSA) is 108 Å². The summed E-state index contributed by atoms with van der Waals surface area (Å²) in [4.78, 5) is 25.4. The van der Waals surface area contributed by atoms with Crippen molar-refractivity contribution in [2.75, 3.05) is 40.9 Å². The van der Waals surface area contributed by atoms with Crippen LogP contribution in [0.5, 0.6) is 0 Å². The third-order valence-electron chi connectivity index (χ3n) is 11.8. The van der Waals surface area contributed by atoms with Crippen molar-refractivity contribution in [2.24, 2.45) is 0 Å². The fraction of sp³-hybridized carbons (Fsp3) is 0.940. The highest BCUT2D eigenvalue weighted by atomic mass is 31.2. The average Bonchev–Trinajstić information content (AvgIpc) is 3.19. The standard InChI is InChI=1S/C50H101N2O6P/c1-6-8-10-12-14-16-18-20-22-24-25-26-27-28-30-32-34-36-38-40-42-44-50(54)51-48(47-58-59(55,56)57-46-45-52(3,4)5)49(53)43-41-39-37-35-33-31-29-23-21-19-17-15-13-11-9-7-2/h20,22,48-49,53H,6-19,21,23-47H2,1-5H3,(H-,51,54,55,56)/b22-20+/t48-,49+/m0/s1. The molecule has 0 saturated carbocycles. The monoisotopic (exact) mass is 857 g/mol. The Morgan fingerprint density at radius 3 is 1.32 bits per heavy atom. The first-order valence-electron chi connectivity index (χ1n) is 25.5. The summed E-state index contributed by atoms with van der Waals surface area (Å²) in [7, 11) is 1.31. The zero-order valence-electron chi connectivity index (χ0n) is 40.0. The van der Waals surface area contributed by atoms with Gasteiger partial charge in [0.2, 0.25) is 5.91 Å². The molecule has 0 fully saturated rings. The van der Waals surface area contributed by atoms with E-state index in [1.165, 1.54) is 186 Å². The highest BCUT2D eigenvalue weighted by Crippen LogP contribution is 2.38. The number of unbranched alkanes of at least 4 members (excludes halogenated alkanes) is 32. The minimum Gasteiger partial charge on any atom is -0.756 e. The first kappa shape index (κ1) is 58.2. The van der Waals surface area contributed by atoms with E-state index in [2.05, 4.69) is 31.3 Å². The Balaban J connectivity index is 4.23. The zero-order chi connectivity index (χ0) is 43.6. The number of allylic oxidation sites excluding steroid dienone is 2. The second kappa shape index (κ2) is 42.5. The smallest absolute Gasteiger partial charge is 0.268 e. The van der Waals surface area contributed by atoms with Gasteiger partial charge in [0.15, 0.2) is 0 Å². The molecule has 0 radical (unpaired) electrons. The molecule has 9 heteroatoms. The Morgan fingerprint density at radius 2 is 0.932 bits per heavy atom. The number of nitrogens with zero attached hydrogens (tertiary/aromatic N) is 1. The van der Waals surface area contributed by atoms with Crippen LogP contribution >= 0.6 is 7.82 Å². The Bertz CT molecular complexity index is 974. The van der Waals surface area contributed by atoms with Gasteiger partial charge in [-0.2, -0.15) is 0 Å². The molecule has 0 saturated heterocycles. The summed E-state index contributed by atoms with van der Waals surface area (Å²) in [6.45, 7) is 4.74. The molecule has 0 aliphatic heterocycles. The number of hydrogen-bond acceptors (Lipinski definition) is 6. The van der Waals surface area contributed by atoms with Crippen molar-refractivity contribution < 1.29 is 32.9 Å². The number of quaternary nitrogens is 1. The van der Waals surface area contributed by atoms with E-state index >= 15 is 0 Å². The largest absolute Gasteiger partial charge is 0.756 e. The van der Waals surface area contributed by atoms with Crippen LogP contribution in [0.15, 0.2) is 12.2 Å². The van der Waals surface area contributed by atoms with Crippen molar-refractivity contribution in [3.63, 3.8) is 0 Å². The predicted molar refractivity (Wildman–Crippen MR) is 252 cm³/mol. The second-order valence-corrected chi connectivity index (χ2v) is 20.3. The first-order chi connectivity index (χ1) is 28.5. The highest BCUT2D eigenvalue weighted by molar-refractivity contribution is 7.45. The normalized spacial score (nSPS) is 14.2. The van der Waals surface area contributed by atoms with Gasteiger partial charge >= 0.3 is 0 Å². The molecule has 0 aromatic rings. The number of likely N-dealkylation sites (N-methyl/N-ethyl adjacent to an activating group) is 1. The Kier molecular flexibility index (Phi) is 42.0. The van der Waals surface area contributed by atoms with Crippen molar-refractivity contribution in [1.29, 1.82) is 0 Å². The number of carbonyl (C=O) groups excluding carboxylic acids is 1. The highest BCUT2D eigenvalue weighted by Gasteiger charge is 2.24. The molecule has 0 rings (SSSR count). The van der Waals surface area contributed by atoms with Crippen molar-refractivity contribution >= 4 is 13.7 Å². The van der Waals surface area contributed by atoms with Gasteiger partial charge in [0.1, 0.15) is 13.2 Å². The van der Waals surface area contributed by atoms with Crippen molar-refractivity contribution in [3.8, 4) is 0 Å². The zero-order valence-corrected chi connectivity index (χ0v) is 40.9. The molecular formula is C50H101N2O6P. The van der Waals surface area contributed by atoms with Crippen LogP contribution in [0.4, 0.5) is 0 Å². The summed E-state index contributed by atoms with van der Waals surface area (Å²) in [6, 6.07) is -0.797.